The minimum absolute atomic E-state index is 0.116. The van der Waals surface area contributed by atoms with Crippen molar-refractivity contribution in [1.82, 2.24) is 4.98 Å². The van der Waals surface area contributed by atoms with Crippen LogP contribution < -0.4 is 11.1 Å². The minimum Gasteiger partial charge on any atom is -0.369 e. The Hall–Kier alpha value is -2.35. The molecule has 0 fully saturated rings. The van der Waals surface area contributed by atoms with Crippen molar-refractivity contribution in [2.75, 3.05) is 5.32 Å². The Morgan fingerprint density at radius 3 is 2.76 bits per heavy atom. The number of pyridine rings is 1. The number of nitrogens with one attached hydrogen (secondary N) is 1. The molecule has 0 saturated heterocycles. The third-order valence-electron chi connectivity index (χ3n) is 3.75. The maximum atomic E-state index is 11.5. The van der Waals surface area contributed by atoms with Gasteiger partial charge in [0.1, 0.15) is 11.9 Å². The summed E-state index contributed by atoms with van der Waals surface area (Å²) in [6.07, 6.45) is 5.32. The average molecular weight is 284 g/mol. The van der Waals surface area contributed by atoms with Gasteiger partial charge in [0.05, 0.1) is 11.5 Å². The molecule has 5 nitrogen and oxygen atoms in total. The number of amides is 1. The number of hydrogen-bond acceptors (Lipinski definition) is 4. The number of rotatable bonds is 4. The normalized spacial score (nSPS) is 21.0. The quantitative estimate of drug-likeness (QED) is 0.830. The van der Waals surface area contributed by atoms with E-state index >= 15 is 0 Å². The molecular weight excluding hydrogens is 264 g/mol. The standard InChI is InChI=1S/C16H20N4O/c1-10(2)13-8-7-11(9-17)16(19-13)20-14-6-4-3-5-12(14)15(18)21/h3-4,7-8,10,12,14H,5-6H2,1-2H3,(H2,18,21)(H,19,20)/t12-,14-/m1/s1. The molecule has 0 radical (unpaired) electrons. The Kier molecular flexibility index (Phi) is 4.59. The van der Waals surface area contributed by atoms with Crippen LogP contribution in [0, 0.1) is 17.2 Å². The van der Waals surface area contributed by atoms with Crippen LogP contribution in [-0.4, -0.2) is 16.9 Å². The maximum Gasteiger partial charge on any atom is 0.222 e. The predicted molar refractivity (Wildman–Crippen MR) is 81.5 cm³/mol. The van der Waals surface area contributed by atoms with Gasteiger partial charge in [0.2, 0.25) is 5.91 Å². The van der Waals surface area contributed by atoms with Crippen molar-refractivity contribution in [3.05, 3.63) is 35.5 Å². The predicted octanol–water partition coefficient (Wildman–Crippen LogP) is 2.31. The molecule has 1 aliphatic rings. The third-order valence-corrected chi connectivity index (χ3v) is 3.75. The molecule has 0 aliphatic heterocycles. The molecule has 110 valence electrons. The zero-order valence-corrected chi connectivity index (χ0v) is 12.3. The van der Waals surface area contributed by atoms with E-state index in [1.54, 1.807) is 6.07 Å². The lowest BCUT2D eigenvalue weighted by Gasteiger charge is -2.28. The molecule has 1 aliphatic carbocycles. The third kappa shape index (κ3) is 3.40. The van der Waals surface area contributed by atoms with E-state index in [0.717, 1.165) is 5.69 Å². The molecule has 1 heterocycles. The van der Waals surface area contributed by atoms with Crippen molar-refractivity contribution in [3.8, 4) is 6.07 Å². The van der Waals surface area contributed by atoms with Gasteiger partial charge in [-0.15, -0.1) is 0 Å². The van der Waals surface area contributed by atoms with Gasteiger partial charge in [-0.1, -0.05) is 26.0 Å². The van der Waals surface area contributed by atoms with Crippen molar-refractivity contribution in [1.29, 1.82) is 5.26 Å². The fourth-order valence-electron chi connectivity index (χ4n) is 2.46. The Balaban J connectivity index is 2.29. The van der Waals surface area contributed by atoms with Crippen molar-refractivity contribution in [2.45, 2.75) is 38.6 Å². The average Bonchev–Trinajstić information content (AvgIpc) is 2.47. The fourth-order valence-corrected chi connectivity index (χ4v) is 2.46. The maximum absolute atomic E-state index is 11.5. The summed E-state index contributed by atoms with van der Waals surface area (Å²) >= 11 is 0. The van der Waals surface area contributed by atoms with E-state index in [9.17, 15) is 10.1 Å². The molecule has 21 heavy (non-hydrogen) atoms. The molecule has 1 amide bonds. The minimum atomic E-state index is -0.324. The SMILES string of the molecule is CC(C)c1ccc(C#N)c(N[C@@H]2CC=CC[C@H]2C(N)=O)n1. The first-order valence-electron chi connectivity index (χ1n) is 7.14. The van der Waals surface area contributed by atoms with Crippen molar-refractivity contribution in [2.24, 2.45) is 11.7 Å². The number of hydrogen-bond donors (Lipinski definition) is 2. The highest BCUT2D eigenvalue weighted by Gasteiger charge is 2.28. The second kappa shape index (κ2) is 6.40. The highest BCUT2D eigenvalue weighted by atomic mass is 16.1. The number of nitrogens with two attached hydrogens (primary N) is 1. The lowest BCUT2D eigenvalue weighted by molar-refractivity contribution is -0.122. The highest BCUT2D eigenvalue weighted by Crippen LogP contribution is 2.25. The molecule has 0 aromatic carbocycles. The fraction of sp³-hybridized carbons (Fsp3) is 0.438. The second-order valence-corrected chi connectivity index (χ2v) is 5.60. The van der Waals surface area contributed by atoms with Crippen LogP contribution in [-0.2, 0) is 4.79 Å². The molecular formula is C16H20N4O. The molecule has 0 spiro atoms. The number of primary amides is 1. The van der Waals surface area contributed by atoms with E-state index in [1.807, 2.05) is 32.1 Å². The molecule has 0 bridgehead atoms. The summed E-state index contributed by atoms with van der Waals surface area (Å²) in [4.78, 5) is 16.1. The molecule has 2 atom stereocenters. The highest BCUT2D eigenvalue weighted by molar-refractivity contribution is 5.78. The first kappa shape index (κ1) is 15.0. The summed E-state index contributed by atoms with van der Waals surface area (Å²) in [6, 6.07) is 5.65. The Bertz CT molecular complexity index is 601. The Morgan fingerprint density at radius 2 is 2.14 bits per heavy atom. The summed E-state index contributed by atoms with van der Waals surface area (Å²) < 4.78 is 0. The summed E-state index contributed by atoms with van der Waals surface area (Å²) in [6.45, 7) is 4.10. The van der Waals surface area contributed by atoms with E-state index in [4.69, 9.17) is 5.73 Å². The summed E-state index contributed by atoms with van der Waals surface area (Å²) in [5, 5.41) is 12.5. The lowest BCUT2D eigenvalue weighted by atomic mass is 9.88. The van der Waals surface area contributed by atoms with E-state index < -0.39 is 0 Å². The van der Waals surface area contributed by atoms with Crippen molar-refractivity contribution < 1.29 is 4.79 Å². The first-order chi connectivity index (χ1) is 10.0. The number of nitriles is 1. The van der Waals surface area contributed by atoms with Crippen molar-refractivity contribution >= 4 is 11.7 Å². The molecule has 3 N–H and O–H groups in total. The second-order valence-electron chi connectivity index (χ2n) is 5.60. The molecule has 0 saturated carbocycles. The smallest absolute Gasteiger partial charge is 0.222 e. The number of aromatic nitrogens is 1. The Labute approximate surface area is 124 Å². The van der Waals surface area contributed by atoms with Crippen LogP contribution in [0.1, 0.15) is 43.9 Å². The zero-order valence-electron chi connectivity index (χ0n) is 12.3. The van der Waals surface area contributed by atoms with Crippen LogP contribution in [0.15, 0.2) is 24.3 Å². The van der Waals surface area contributed by atoms with Crippen molar-refractivity contribution in [3.63, 3.8) is 0 Å². The largest absolute Gasteiger partial charge is 0.369 e. The van der Waals surface area contributed by atoms with E-state index in [0.29, 0.717) is 24.2 Å². The van der Waals surface area contributed by atoms with Gasteiger partial charge in [0.25, 0.3) is 0 Å². The van der Waals surface area contributed by atoms with Crippen LogP contribution in [0.3, 0.4) is 0 Å². The van der Waals surface area contributed by atoms with E-state index in [1.165, 1.54) is 0 Å². The number of allylic oxidation sites excluding steroid dienone is 1. The molecule has 5 heteroatoms. The van der Waals surface area contributed by atoms with Crippen LogP contribution in [0.5, 0.6) is 0 Å². The van der Waals surface area contributed by atoms with Gasteiger partial charge >= 0.3 is 0 Å². The van der Waals surface area contributed by atoms with Crippen LogP contribution >= 0.6 is 0 Å². The van der Waals surface area contributed by atoms with Gasteiger partial charge < -0.3 is 11.1 Å². The summed E-state index contributed by atoms with van der Waals surface area (Å²) in [5.41, 5.74) is 6.86. The monoisotopic (exact) mass is 284 g/mol. The number of carbonyl (C=O) groups is 1. The zero-order chi connectivity index (χ0) is 15.4. The van der Waals surface area contributed by atoms with Gasteiger partial charge in [0.15, 0.2) is 0 Å². The van der Waals surface area contributed by atoms with E-state index in [-0.39, 0.29) is 23.8 Å². The van der Waals surface area contributed by atoms with Crippen LogP contribution in [0.2, 0.25) is 0 Å². The lowest BCUT2D eigenvalue weighted by Crippen LogP contribution is -2.39. The van der Waals surface area contributed by atoms with Crippen LogP contribution in [0.25, 0.3) is 0 Å². The molecule has 1 aromatic heterocycles. The van der Waals surface area contributed by atoms with Gasteiger partial charge in [0, 0.05) is 11.7 Å². The molecule has 2 rings (SSSR count). The summed E-state index contributed by atoms with van der Waals surface area (Å²) in [5.74, 6) is 0.216. The first-order valence-corrected chi connectivity index (χ1v) is 7.14. The van der Waals surface area contributed by atoms with E-state index in [2.05, 4.69) is 16.4 Å². The molecule has 0 unspecified atom stereocenters. The van der Waals surface area contributed by atoms with Gasteiger partial charge in [-0.25, -0.2) is 4.98 Å². The van der Waals surface area contributed by atoms with Gasteiger partial charge in [-0.2, -0.15) is 5.26 Å². The summed E-state index contributed by atoms with van der Waals surface area (Å²) in [7, 11) is 0. The van der Waals surface area contributed by atoms with Gasteiger partial charge in [-0.05, 0) is 30.9 Å². The van der Waals surface area contributed by atoms with Crippen LogP contribution in [0.4, 0.5) is 5.82 Å². The molecule has 1 aromatic rings. The number of anilines is 1. The Morgan fingerprint density at radius 1 is 1.43 bits per heavy atom. The van der Waals surface area contributed by atoms with Gasteiger partial charge in [-0.3, -0.25) is 4.79 Å². The number of nitrogens with zero attached hydrogens (tertiary/aromatic N) is 2. The number of carbonyl (C=O) groups excluding carboxylic acids is 1. The topological polar surface area (TPSA) is 91.8 Å².